The van der Waals surface area contributed by atoms with Crippen molar-refractivity contribution in [2.75, 3.05) is 20.1 Å². The molecule has 1 aromatic heterocycles. The third kappa shape index (κ3) is 4.84. The summed E-state index contributed by atoms with van der Waals surface area (Å²) in [5, 5.41) is 0. The molecule has 0 aromatic carbocycles. The summed E-state index contributed by atoms with van der Waals surface area (Å²) >= 11 is 0. The van der Waals surface area contributed by atoms with Crippen LogP contribution in [0.4, 0.5) is 0 Å². The molecular weight excluding hydrogens is 277 g/mol. The fourth-order valence-corrected chi connectivity index (χ4v) is 1.46. The Morgan fingerprint density at radius 3 is 2.44 bits per heavy atom. The van der Waals surface area contributed by atoms with E-state index in [1.165, 1.54) is 6.39 Å². The number of carbonyl (C=O) groups excluding carboxylic acids is 1. The van der Waals surface area contributed by atoms with Crippen molar-refractivity contribution in [3.63, 3.8) is 0 Å². The molecule has 0 fully saturated rings. The molecule has 1 heterocycles. The van der Waals surface area contributed by atoms with Gasteiger partial charge in [0.2, 0.25) is 5.76 Å². The summed E-state index contributed by atoms with van der Waals surface area (Å²) in [7, 11) is 1.74. The average Bonchev–Trinajstić information content (AvgIpc) is 2.62. The highest BCUT2D eigenvalue weighted by molar-refractivity contribution is 5.92. The molecule has 0 aliphatic carbocycles. The Balaban J connectivity index is 0. The van der Waals surface area contributed by atoms with Crippen LogP contribution in [0.1, 0.15) is 30.1 Å². The fraction of sp³-hybridized carbons (Fsp3) is 0.636. The van der Waals surface area contributed by atoms with Crippen LogP contribution >= 0.6 is 24.8 Å². The predicted molar refractivity (Wildman–Crippen MR) is 75.5 cm³/mol. The molecule has 1 aromatic rings. The van der Waals surface area contributed by atoms with E-state index in [2.05, 4.69) is 4.98 Å². The number of oxazole rings is 1. The van der Waals surface area contributed by atoms with Gasteiger partial charge in [-0.3, -0.25) is 4.79 Å². The number of amides is 1. The number of carbonyl (C=O) groups is 1. The minimum atomic E-state index is -0.156. The summed E-state index contributed by atoms with van der Waals surface area (Å²) in [5.74, 6) is 0.145. The minimum Gasteiger partial charge on any atom is -0.438 e. The van der Waals surface area contributed by atoms with Gasteiger partial charge < -0.3 is 15.1 Å². The Labute approximate surface area is 120 Å². The Kier molecular flexibility index (Phi) is 8.27. The molecule has 18 heavy (non-hydrogen) atoms. The number of nitrogens with two attached hydrogens (primary N) is 1. The molecule has 1 amide bonds. The maximum atomic E-state index is 12.0. The monoisotopic (exact) mass is 297 g/mol. The molecule has 0 atom stereocenters. The van der Waals surface area contributed by atoms with Crippen LogP contribution in [0.2, 0.25) is 0 Å². The largest absolute Gasteiger partial charge is 0.438 e. The maximum absolute atomic E-state index is 12.0. The van der Waals surface area contributed by atoms with Crippen molar-refractivity contribution in [3.05, 3.63) is 17.8 Å². The Morgan fingerprint density at radius 1 is 1.50 bits per heavy atom. The van der Waals surface area contributed by atoms with Crippen LogP contribution in [0.3, 0.4) is 0 Å². The van der Waals surface area contributed by atoms with Crippen molar-refractivity contribution >= 4 is 30.7 Å². The highest BCUT2D eigenvalue weighted by Crippen LogP contribution is 2.16. The van der Waals surface area contributed by atoms with Gasteiger partial charge >= 0.3 is 0 Å². The first kappa shape index (κ1) is 19.6. The van der Waals surface area contributed by atoms with Gasteiger partial charge in [0, 0.05) is 13.6 Å². The van der Waals surface area contributed by atoms with Gasteiger partial charge in [-0.15, -0.1) is 24.8 Å². The normalized spacial score (nSPS) is 10.3. The number of nitrogens with zero attached hydrogens (tertiary/aromatic N) is 2. The van der Waals surface area contributed by atoms with Crippen molar-refractivity contribution < 1.29 is 9.21 Å². The van der Waals surface area contributed by atoms with E-state index in [4.69, 9.17) is 10.2 Å². The molecule has 0 saturated carbocycles. The lowest BCUT2D eigenvalue weighted by Crippen LogP contribution is -2.39. The molecule has 7 heteroatoms. The highest BCUT2D eigenvalue weighted by Gasteiger charge is 2.24. The lowest BCUT2D eigenvalue weighted by atomic mass is 9.93. The molecule has 1 rings (SSSR count). The first-order valence-electron chi connectivity index (χ1n) is 5.23. The van der Waals surface area contributed by atoms with Crippen LogP contribution in [-0.2, 0) is 0 Å². The van der Waals surface area contributed by atoms with Crippen LogP contribution < -0.4 is 5.73 Å². The summed E-state index contributed by atoms with van der Waals surface area (Å²) in [6.45, 7) is 6.90. The number of aryl methyl sites for hydroxylation is 1. The third-order valence-corrected chi connectivity index (χ3v) is 2.50. The lowest BCUT2D eigenvalue weighted by Gasteiger charge is -2.28. The van der Waals surface area contributed by atoms with Crippen molar-refractivity contribution in [2.45, 2.75) is 20.8 Å². The smallest absolute Gasteiger partial charge is 0.291 e. The third-order valence-electron chi connectivity index (χ3n) is 2.50. The zero-order valence-corrected chi connectivity index (χ0v) is 12.7. The van der Waals surface area contributed by atoms with E-state index in [0.29, 0.717) is 24.5 Å². The Hall–Kier alpha value is -0.780. The number of rotatable bonds is 4. The van der Waals surface area contributed by atoms with Gasteiger partial charge in [0.15, 0.2) is 6.39 Å². The number of hydrogen-bond donors (Lipinski definition) is 1. The van der Waals surface area contributed by atoms with Crippen LogP contribution in [0.5, 0.6) is 0 Å². The van der Waals surface area contributed by atoms with Crippen molar-refractivity contribution in [2.24, 2.45) is 11.1 Å². The molecule has 0 bridgehead atoms. The molecule has 0 radical (unpaired) electrons. The van der Waals surface area contributed by atoms with Gasteiger partial charge in [-0.25, -0.2) is 4.98 Å². The lowest BCUT2D eigenvalue weighted by molar-refractivity contribution is 0.0708. The molecule has 0 saturated heterocycles. The number of aromatic nitrogens is 1. The van der Waals surface area contributed by atoms with Crippen LogP contribution in [0, 0.1) is 12.3 Å². The molecule has 0 spiro atoms. The predicted octanol–water partition coefficient (Wildman–Crippen LogP) is 1.88. The topological polar surface area (TPSA) is 72.4 Å². The minimum absolute atomic E-state index is 0. The van der Waals surface area contributed by atoms with Crippen LogP contribution in [-0.4, -0.2) is 35.9 Å². The van der Waals surface area contributed by atoms with Crippen molar-refractivity contribution in [1.82, 2.24) is 9.88 Å². The zero-order valence-electron chi connectivity index (χ0n) is 11.1. The molecule has 5 nitrogen and oxygen atoms in total. The van der Waals surface area contributed by atoms with E-state index in [1.807, 2.05) is 13.8 Å². The number of halogens is 2. The molecule has 0 unspecified atom stereocenters. The van der Waals surface area contributed by atoms with E-state index in [9.17, 15) is 4.79 Å². The Morgan fingerprint density at radius 2 is 2.06 bits per heavy atom. The van der Waals surface area contributed by atoms with Crippen LogP contribution in [0.25, 0.3) is 0 Å². The second kappa shape index (κ2) is 7.61. The van der Waals surface area contributed by atoms with E-state index in [1.54, 1.807) is 18.9 Å². The van der Waals surface area contributed by atoms with Gasteiger partial charge in [0.1, 0.15) is 0 Å². The van der Waals surface area contributed by atoms with Gasteiger partial charge in [-0.05, 0) is 18.9 Å². The van der Waals surface area contributed by atoms with Gasteiger partial charge in [0.25, 0.3) is 5.91 Å². The second-order valence-corrected chi connectivity index (χ2v) is 4.80. The SMILES string of the molecule is Cc1ncoc1C(=O)N(C)CC(C)(C)CN.Cl.Cl. The molecular formula is C11H21Cl2N3O2. The zero-order chi connectivity index (χ0) is 12.3. The first-order chi connectivity index (χ1) is 7.37. The fourth-order valence-electron chi connectivity index (χ4n) is 1.46. The Bertz CT molecular complexity index is 380. The molecule has 0 aliphatic heterocycles. The highest BCUT2D eigenvalue weighted by atomic mass is 35.5. The summed E-state index contributed by atoms with van der Waals surface area (Å²) in [6, 6.07) is 0. The quantitative estimate of drug-likeness (QED) is 0.921. The summed E-state index contributed by atoms with van der Waals surface area (Å²) in [6.07, 6.45) is 1.28. The molecule has 0 aliphatic rings. The van der Waals surface area contributed by atoms with E-state index < -0.39 is 0 Å². The van der Waals surface area contributed by atoms with E-state index in [-0.39, 0.29) is 36.1 Å². The van der Waals surface area contributed by atoms with Gasteiger partial charge in [-0.1, -0.05) is 13.8 Å². The summed E-state index contributed by atoms with van der Waals surface area (Å²) in [4.78, 5) is 17.5. The average molecular weight is 298 g/mol. The van der Waals surface area contributed by atoms with Gasteiger partial charge in [0.05, 0.1) is 5.69 Å². The first-order valence-corrected chi connectivity index (χ1v) is 5.23. The second-order valence-electron chi connectivity index (χ2n) is 4.80. The summed E-state index contributed by atoms with van der Waals surface area (Å²) < 4.78 is 5.06. The van der Waals surface area contributed by atoms with E-state index >= 15 is 0 Å². The van der Waals surface area contributed by atoms with E-state index in [0.717, 1.165) is 0 Å². The molecule has 106 valence electrons. The van der Waals surface area contributed by atoms with Crippen molar-refractivity contribution in [3.8, 4) is 0 Å². The van der Waals surface area contributed by atoms with Gasteiger partial charge in [-0.2, -0.15) is 0 Å². The van der Waals surface area contributed by atoms with Crippen molar-refractivity contribution in [1.29, 1.82) is 0 Å². The molecule has 2 N–H and O–H groups in total. The number of hydrogen-bond acceptors (Lipinski definition) is 4. The summed E-state index contributed by atoms with van der Waals surface area (Å²) in [5.41, 5.74) is 6.14. The standard InChI is InChI=1S/C11H19N3O2.2ClH/c1-8-9(16-7-13-8)10(15)14(4)6-11(2,3)5-12;;/h7H,5-6,12H2,1-4H3;2*1H. The maximum Gasteiger partial charge on any atom is 0.291 e. The van der Waals surface area contributed by atoms with Crippen LogP contribution in [0.15, 0.2) is 10.8 Å².